The maximum atomic E-state index is 12.1. The van der Waals surface area contributed by atoms with Crippen LogP contribution in [0.25, 0.3) is 0 Å². The minimum atomic E-state index is -4.46. The Hall–Kier alpha value is -0.840. The molecule has 66 valence electrons. The summed E-state index contributed by atoms with van der Waals surface area (Å²) in [6.45, 7) is 0. The van der Waals surface area contributed by atoms with Gasteiger partial charge in [0.05, 0.1) is 5.56 Å². The highest BCUT2D eigenvalue weighted by atomic mass is 32.1. The first-order valence-electron chi connectivity index (χ1n) is 3.00. The summed E-state index contributed by atoms with van der Waals surface area (Å²) in [7, 11) is 0. The molecule has 1 rings (SSSR count). The van der Waals surface area contributed by atoms with Crippen LogP contribution in [0.4, 0.5) is 13.2 Å². The van der Waals surface area contributed by atoms with Crippen molar-refractivity contribution in [3.63, 3.8) is 0 Å². The third-order valence-corrected chi connectivity index (χ3v) is 1.68. The average molecular weight is 194 g/mol. The number of alkyl halides is 3. The molecular weight excluding hydrogens is 189 g/mol. The number of aromatic hydroxyl groups is 1. The van der Waals surface area contributed by atoms with Gasteiger partial charge in [0.1, 0.15) is 5.75 Å². The van der Waals surface area contributed by atoms with Crippen molar-refractivity contribution in [1.82, 2.24) is 0 Å². The summed E-state index contributed by atoms with van der Waals surface area (Å²) >= 11 is 3.61. The number of halogens is 3. The molecule has 1 aromatic rings. The van der Waals surface area contributed by atoms with Gasteiger partial charge >= 0.3 is 6.18 Å². The predicted octanol–water partition coefficient (Wildman–Crippen LogP) is 2.70. The standard InChI is InChI=1S/C7H5F3OS/c8-7(9,10)5-3-4(11)1-2-6(5)12/h1-3,11-12H. The van der Waals surface area contributed by atoms with E-state index in [2.05, 4.69) is 12.6 Å². The van der Waals surface area contributed by atoms with Crippen molar-refractivity contribution in [2.24, 2.45) is 0 Å². The molecule has 0 aliphatic rings. The zero-order valence-electron chi connectivity index (χ0n) is 5.76. The third-order valence-electron chi connectivity index (χ3n) is 1.29. The monoisotopic (exact) mass is 194 g/mol. The number of hydrogen-bond donors (Lipinski definition) is 2. The van der Waals surface area contributed by atoms with Gasteiger partial charge in [0.15, 0.2) is 0 Å². The molecule has 0 saturated carbocycles. The summed E-state index contributed by atoms with van der Waals surface area (Å²) in [6, 6.07) is 2.89. The van der Waals surface area contributed by atoms with Gasteiger partial charge in [-0.3, -0.25) is 0 Å². The molecule has 0 saturated heterocycles. The minimum absolute atomic E-state index is 0.194. The average Bonchev–Trinajstić information content (AvgIpc) is 1.92. The van der Waals surface area contributed by atoms with Crippen molar-refractivity contribution in [2.45, 2.75) is 11.1 Å². The lowest BCUT2D eigenvalue weighted by Crippen LogP contribution is -2.05. The van der Waals surface area contributed by atoms with Gasteiger partial charge in [-0.2, -0.15) is 13.2 Å². The van der Waals surface area contributed by atoms with E-state index in [1.54, 1.807) is 0 Å². The number of hydrogen-bond acceptors (Lipinski definition) is 2. The topological polar surface area (TPSA) is 20.2 Å². The van der Waals surface area contributed by atoms with E-state index in [0.29, 0.717) is 6.07 Å². The van der Waals surface area contributed by atoms with Crippen molar-refractivity contribution in [2.75, 3.05) is 0 Å². The SMILES string of the molecule is Oc1ccc(S)c(C(F)(F)F)c1. The fourth-order valence-corrected chi connectivity index (χ4v) is 1.02. The quantitative estimate of drug-likeness (QED) is 0.608. The summed E-state index contributed by atoms with van der Waals surface area (Å²) in [5.41, 5.74) is -0.925. The van der Waals surface area contributed by atoms with E-state index in [1.165, 1.54) is 0 Å². The van der Waals surface area contributed by atoms with E-state index in [9.17, 15) is 13.2 Å². The normalized spacial score (nSPS) is 11.7. The molecule has 1 N–H and O–H groups in total. The van der Waals surface area contributed by atoms with Crippen molar-refractivity contribution in [3.8, 4) is 5.75 Å². The van der Waals surface area contributed by atoms with Gasteiger partial charge in [0, 0.05) is 4.90 Å². The van der Waals surface area contributed by atoms with E-state index < -0.39 is 17.5 Å². The molecule has 0 atom stereocenters. The second kappa shape index (κ2) is 2.90. The molecule has 0 spiro atoms. The van der Waals surface area contributed by atoms with Crippen molar-refractivity contribution >= 4 is 12.6 Å². The van der Waals surface area contributed by atoms with Gasteiger partial charge in [0.25, 0.3) is 0 Å². The first-order valence-corrected chi connectivity index (χ1v) is 3.45. The minimum Gasteiger partial charge on any atom is -0.508 e. The summed E-state index contributed by atoms with van der Waals surface area (Å²) in [6.07, 6.45) is -4.46. The first-order chi connectivity index (χ1) is 5.41. The number of phenols is 1. The molecule has 0 aliphatic heterocycles. The number of rotatable bonds is 0. The fourth-order valence-electron chi connectivity index (χ4n) is 0.751. The van der Waals surface area contributed by atoms with Gasteiger partial charge < -0.3 is 5.11 Å². The summed E-state index contributed by atoms with van der Waals surface area (Å²) in [5, 5.41) is 8.77. The molecule has 12 heavy (non-hydrogen) atoms. The van der Waals surface area contributed by atoms with Crippen molar-refractivity contribution in [3.05, 3.63) is 23.8 Å². The van der Waals surface area contributed by atoms with E-state index in [-0.39, 0.29) is 4.90 Å². The highest BCUT2D eigenvalue weighted by Crippen LogP contribution is 2.35. The molecule has 1 nitrogen and oxygen atoms in total. The maximum Gasteiger partial charge on any atom is 0.417 e. The van der Waals surface area contributed by atoms with E-state index in [1.807, 2.05) is 0 Å². The van der Waals surface area contributed by atoms with Crippen LogP contribution in [0.1, 0.15) is 5.56 Å². The Morgan fingerprint density at radius 3 is 2.25 bits per heavy atom. The molecular formula is C7H5F3OS. The summed E-state index contributed by atoms with van der Waals surface area (Å²) in [4.78, 5) is -0.194. The molecule has 0 bridgehead atoms. The van der Waals surface area contributed by atoms with Crippen LogP contribution >= 0.6 is 12.6 Å². The van der Waals surface area contributed by atoms with Crippen LogP contribution in [0, 0.1) is 0 Å². The van der Waals surface area contributed by atoms with Crippen LogP contribution in [0.15, 0.2) is 23.1 Å². The molecule has 0 amide bonds. The lowest BCUT2D eigenvalue weighted by atomic mass is 10.2. The lowest BCUT2D eigenvalue weighted by molar-refractivity contribution is -0.139. The van der Waals surface area contributed by atoms with Crippen LogP contribution < -0.4 is 0 Å². The zero-order chi connectivity index (χ0) is 9.35. The molecule has 0 radical (unpaired) electrons. The van der Waals surface area contributed by atoms with Gasteiger partial charge in [-0.25, -0.2) is 0 Å². The Kier molecular flexibility index (Phi) is 2.23. The number of benzene rings is 1. The molecule has 0 fully saturated rings. The smallest absolute Gasteiger partial charge is 0.417 e. The number of phenolic OH excluding ortho intramolecular Hbond substituents is 1. The third kappa shape index (κ3) is 1.85. The van der Waals surface area contributed by atoms with Gasteiger partial charge in [0.2, 0.25) is 0 Å². The fraction of sp³-hybridized carbons (Fsp3) is 0.143. The maximum absolute atomic E-state index is 12.1. The Morgan fingerprint density at radius 1 is 1.25 bits per heavy atom. The van der Waals surface area contributed by atoms with Crippen molar-refractivity contribution < 1.29 is 18.3 Å². The molecule has 0 aromatic heterocycles. The van der Waals surface area contributed by atoms with Crippen molar-refractivity contribution in [1.29, 1.82) is 0 Å². The van der Waals surface area contributed by atoms with E-state index >= 15 is 0 Å². The summed E-state index contributed by atoms with van der Waals surface area (Å²) < 4.78 is 36.2. The van der Waals surface area contributed by atoms with Gasteiger partial charge in [-0.15, -0.1) is 12.6 Å². The van der Waals surface area contributed by atoms with E-state index in [4.69, 9.17) is 5.11 Å². The first kappa shape index (κ1) is 9.25. The Morgan fingerprint density at radius 2 is 1.83 bits per heavy atom. The molecule has 0 heterocycles. The highest BCUT2D eigenvalue weighted by Gasteiger charge is 2.32. The van der Waals surface area contributed by atoms with Gasteiger partial charge in [-0.05, 0) is 18.2 Å². The summed E-state index contributed by atoms with van der Waals surface area (Å²) in [5.74, 6) is -0.417. The molecule has 5 heteroatoms. The number of thiol groups is 1. The molecule has 1 aromatic carbocycles. The van der Waals surface area contributed by atoms with Crippen LogP contribution in [-0.2, 0) is 6.18 Å². The highest BCUT2D eigenvalue weighted by molar-refractivity contribution is 7.80. The second-order valence-corrected chi connectivity index (χ2v) is 2.68. The van der Waals surface area contributed by atoms with Gasteiger partial charge in [-0.1, -0.05) is 0 Å². The van der Waals surface area contributed by atoms with E-state index in [0.717, 1.165) is 12.1 Å². The zero-order valence-corrected chi connectivity index (χ0v) is 6.65. The lowest BCUT2D eigenvalue weighted by Gasteiger charge is -2.08. The van der Waals surface area contributed by atoms with Crippen LogP contribution in [-0.4, -0.2) is 5.11 Å². The predicted molar refractivity (Wildman–Crippen MR) is 40.4 cm³/mol. The Bertz CT molecular complexity index is 295. The Balaban J connectivity index is 3.23. The molecule has 0 unspecified atom stereocenters. The Labute approximate surface area is 72.2 Å². The largest absolute Gasteiger partial charge is 0.508 e. The van der Waals surface area contributed by atoms with Crippen LogP contribution in [0.5, 0.6) is 5.75 Å². The second-order valence-electron chi connectivity index (χ2n) is 2.20. The molecule has 0 aliphatic carbocycles. The van der Waals surface area contributed by atoms with Crippen LogP contribution in [0.2, 0.25) is 0 Å². The van der Waals surface area contributed by atoms with Crippen LogP contribution in [0.3, 0.4) is 0 Å².